The predicted octanol–water partition coefficient (Wildman–Crippen LogP) is -1.72. The van der Waals surface area contributed by atoms with Gasteiger partial charge < -0.3 is 16.9 Å². The van der Waals surface area contributed by atoms with Gasteiger partial charge in [0, 0.05) is 0 Å². The second-order valence-corrected chi connectivity index (χ2v) is 2.61. The summed E-state index contributed by atoms with van der Waals surface area (Å²) in [5, 5.41) is 0. The van der Waals surface area contributed by atoms with Crippen LogP contribution in [0.25, 0.3) is 0 Å². The molecule has 0 saturated heterocycles. The van der Waals surface area contributed by atoms with Gasteiger partial charge in [0.1, 0.15) is 0 Å². The van der Waals surface area contributed by atoms with Gasteiger partial charge in [0.05, 0.1) is 20.6 Å². The van der Waals surface area contributed by atoms with Crippen molar-refractivity contribution >= 4 is 11.6 Å². The highest BCUT2D eigenvalue weighted by molar-refractivity contribution is 6.16. The normalized spacial score (nSPS) is 10.5. The third kappa shape index (κ3) is 4.69. The van der Waals surface area contributed by atoms with Crippen molar-refractivity contribution in [2.45, 2.75) is 6.92 Å². The van der Waals surface area contributed by atoms with Crippen molar-refractivity contribution in [2.24, 2.45) is 0 Å². The molecule has 0 radical (unpaired) electrons. The smallest absolute Gasteiger partial charge is 0.154 e. The zero-order valence-corrected chi connectivity index (χ0v) is 7.13. The van der Waals surface area contributed by atoms with E-state index in [1.54, 1.807) is 0 Å². The third-order valence-corrected chi connectivity index (χ3v) is 1.83. The Labute approximate surface area is 62.6 Å². The summed E-state index contributed by atoms with van der Waals surface area (Å²) in [5.74, 6) is 0. The second kappa shape index (κ2) is 4.42. The Kier molecular flexibility index (Phi) is 6.27. The molecule has 0 N–H and O–H groups in total. The molecule has 0 aliphatic carbocycles. The van der Waals surface area contributed by atoms with Crippen LogP contribution in [-0.2, 0) is 0 Å². The molecule has 0 unspecified atom stereocenters. The first-order valence-corrected chi connectivity index (χ1v) is 3.04. The van der Waals surface area contributed by atoms with Crippen LogP contribution in [0.3, 0.4) is 0 Å². The molecule has 0 bridgehead atoms. The zero-order chi connectivity index (χ0) is 5.91. The minimum Gasteiger partial charge on any atom is -1.00 e. The lowest BCUT2D eigenvalue weighted by Crippen LogP contribution is -3.00. The van der Waals surface area contributed by atoms with E-state index in [2.05, 4.69) is 21.0 Å². The molecule has 0 heterocycles. The van der Waals surface area contributed by atoms with Crippen LogP contribution in [0.15, 0.2) is 0 Å². The van der Waals surface area contributed by atoms with Crippen LogP contribution in [0.5, 0.6) is 0 Å². The van der Waals surface area contributed by atoms with E-state index in [1.807, 2.05) is 0 Å². The molecule has 0 fully saturated rings. The maximum atomic E-state index is 5.57. The number of halogens is 2. The fourth-order valence-electron chi connectivity index (χ4n) is 0.0845. The average molecular weight is 158 g/mol. The van der Waals surface area contributed by atoms with Crippen molar-refractivity contribution in [1.82, 2.24) is 0 Å². The summed E-state index contributed by atoms with van der Waals surface area (Å²) >= 11 is 5.57. The first-order chi connectivity index (χ1) is 3.12. The highest BCUT2D eigenvalue weighted by Crippen LogP contribution is 1.95. The molecule has 0 rings (SSSR count). The lowest BCUT2D eigenvalue weighted by Gasteiger charge is -2.24. The van der Waals surface area contributed by atoms with E-state index in [1.165, 1.54) is 0 Å². The minimum absolute atomic E-state index is 0. The topological polar surface area (TPSA) is 0 Å². The van der Waals surface area contributed by atoms with Gasteiger partial charge in [0.25, 0.3) is 0 Å². The van der Waals surface area contributed by atoms with Crippen LogP contribution in [0.4, 0.5) is 0 Å². The van der Waals surface area contributed by atoms with Crippen molar-refractivity contribution in [3.8, 4) is 0 Å². The van der Waals surface area contributed by atoms with E-state index in [9.17, 15) is 0 Å². The van der Waals surface area contributed by atoms with Crippen LogP contribution in [0.1, 0.15) is 6.92 Å². The maximum absolute atomic E-state index is 5.57. The summed E-state index contributed by atoms with van der Waals surface area (Å²) in [6.07, 6.45) is 0. The highest BCUT2D eigenvalue weighted by Gasteiger charge is 2.06. The molecule has 52 valence electrons. The lowest BCUT2D eigenvalue weighted by atomic mass is 10.6. The fraction of sp³-hybridized carbons (Fsp3) is 1.00. The van der Waals surface area contributed by atoms with Gasteiger partial charge >= 0.3 is 0 Å². The van der Waals surface area contributed by atoms with Gasteiger partial charge in [-0.1, -0.05) is 11.6 Å². The number of rotatable bonds is 2. The molecule has 0 amide bonds. The number of hydrogen-bond donors (Lipinski definition) is 0. The largest absolute Gasteiger partial charge is 1.00 e. The van der Waals surface area contributed by atoms with Crippen molar-refractivity contribution < 1.29 is 16.9 Å². The molecule has 0 aliphatic heterocycles. The van der Waals surface area contributed by atoms with E-state index in [-0.39, 0.29) is 12.4 Å². The van der Waals surface area contributed by atoms with Gasteiger partial charge in [-0.25, -0.2) is 0 Å². The lowest BCUT2D eigenvalue weighted by molar-refractivity contribution is -0.877. The van der Waals surface area contributed by atoms with Gasteiger partial charge in [-0.05, 0) is 6.92 Å². The summed E-state index contributed by atoms with van der Waals surface area (Å²) in [7, 11) is 4.21. The zero-order valence-electron chi connectivity index (χ0n) is 5.62. The quantitative estimate of drug-likeness (QED) is 0.255. The molecule has 0 aromatic carbocycles. The van der Waals surface area contributed by atoms with Crippen molar-refractivity contribution in [3.05, 3.63) is 0 Å². The average Bonchev–Trinajstić information content (AvgIpc) is 1.68. The van der Waals surface area contributed by atoms with E-state index < -0.39 is 0 Å². The van der Waals surface area contributed by atoms with Crippen LogP contribution in [-0.4, -0.2) is 31.1 Å². The van der Waals surface area contributed by atoms with Gasteiger partial charge in [-0.15, -0.1) is 0 Å². The molecule has 8 heavy (non-hydrogen) atoms. The molecule has 1 nitrogen and oxygen atoms in total. The van der Waals surface area contributed by atoms with E-state index >= 15 is 0 Å². The Morgan fingerprint density at radius 3 is 1.75 bits per heavy atom. The van der Waals surface area contributed by atoms with E-state index in [0.29, 0.717) is 6.00 Å². The minimum atomic E-state index is 0. The van der Waals surface area contributed by atoms with Gasteiger partial charge in [-0.2, -0.15) is 0 Å². The van der Waals surface area contributed by atoms with E-state index in [4.69, 9.17) is 11.6 Å². The first kappa shape index (κ1) is 11.4. The number of quaternary nitrogens is 1. The molecule has 0 aliphatic rings. The van der Waals surface area contributed by atoms with Gasteiger partial charge in [-0.3, -0.25) is 0 Å². The molecule has 0 saturated carbocycles. The Bertz CT molecular complexity index is 48.4. The molecule has 0 atom stereocenters. The molecule has 0 spiro atoms. The Morgan fingerprint density at radius 2 is 1.75 bits per heavy atom. The van der Waals surface area contributed by atoms with E-state index in [0.717, 1.165) is 11.0 Å². The summed E-state index contributed by atoms with van der Waals surface area (Å²) in [6, 6.07) is 0.705. The Balaban J connectivity index is 0. The summed E-state index contributed by atoms with van der Waals surface area (Å²) in [6.45, 7) is 3.23. The molecule has 3 heteroatoms. The third-order valence-electron chi connectivity index (χ3n) is 1.18. The summed E-state index contributed by atoms with van der Waals surface area (Å²) in [5.41, 5.74) is 0. The first-order valence-electron chi connectivity index (χ1n) is 2.50. The van der Waals surface area contributed by atoms with Crippen molar-refractivity contribution in [1.29, 1.82) is 0 Å². The molecular formula is C5H13Cl2N. The Hall–Kier alpha value is 0.540. The fourth-order valence-corrected chi connectivity index (χ4v) is 0.254. The number of nitrogens with zero attached hydrogens (tertiary/aromatic N) is 1. The van der Waals surface area contributed by atoms with Crippen LogP contribution < -0.4 is 12.4 Å². The predicted molar refractivity (Wildman–Crippen MR) is 33.4 cm³/mol. The van der Waals surface area contributed by atoms with Crippen molar-refractivity contribution in [3.63, 3.8) is 0 Å². The van der Waals surface area contributed by atoms with Gasteiger partial charge in [0.2, 0.25) is 0 Å². The van der Waals surface area contributed by atoms with Crippen LogP contribution >= 0.6 is 11.6 Å². The van der Waals surface area contributed by atoms with Crippen LogP contribution in [0.2, 0.25) is 0 Å². The van der Waals surface area contributed by atoms with Crippen molar-refractivity contribution in [2.75, 3.05) is 26.6 Å². The SMILES string of the molecule is CC[N+](C)(C)CCl.[Cl-]. The number of hydrogen-bond acceptors (Lipinski definition) is 0. The summed E-state index contributed by atoms with van der Waals surface area (Å²) < 4.78 is 0.904. The standard InChI is InChI=1S/C5H13ClN.ClH/c1-4-7(2,3)5-6;/h4-5H2,1-3H3;1H/q+1;/p-1. The highest BCUT2D eigenvalue weighted by atomic mass is 35.5. The maximum Gasteiger partial charge on any atom is 0.154 e. The Morgan fingerprint density at radius 1 is 1.38 bits per heavy atom. The molecular weight excluding hydrogens is 145 g/mol. The van der Waals surface area contributed by atoms with Crippen LogP contribution in [0, 0.1) is 0 Å². The molecule has 0 aromatic heterocycles. The summed E-state index contributed by atoms with van der Waals surface area (Å²) in [4.78, 5) is 0. The number of alkyl halides is 1. The monoisotopic (exact) mass is 157 g/mol. The molecule has 0 aromatic rings. The van der Waals surface area contributed by atoms with Gasteiger partial charge in [0.15, 0.2) is 6.00 Å². The second-order valence-electron chi connectivity index (χ2n) is 2.37.